The molecule has 1 aromatic rings. The van der Waals surface area contributed by atoms with Crippen molar-refractivity contribution in [2.24, 2.45) is 5.41 Å². The number of carbonyl (C=O) groups is 1. The van der Waals surface area contributed by atoms with Crippen LogP contribution in [0.4, 0.5) is 0 Å². The summed E-state index contributed by atoms with van der Waals surface area (Å²) < 4.78 is 0. The van der Waals surface area contributed by atoms with Gasteiger partial charge in [-0.1, -0.05) is 0 Å². The number of nitrogens with zero attached hydrogens (tertiary/aromatic N) is 1. The summed E-state index contributed by atoms with van der Waals surface area (Å²) in [6.45, 7) is 7.81. The Kier molecular flexibility index (Phi) is 3.78. The Morgan fingerprint density at radius 1 is 1.56 bits per heavy atom. The van der Waals surface area contributed by atoms with Crippen LogP contribution in [-0.4, -0.2) is 29.1 Å². The minimum absolute atomic E-state index is 0.322. The van der Waals surface area contributed by atoms with Crippen molar-refractivity contribution in [3.63, 3.8) is 0 Å². The number of rotatable bonds is 3. The van der Waals surface area contributed by atoms with Gasteiger partial charge in [0.15, 0.2) is 0 Å². The molecule has 1 aliphatic heterocycles. The third-order valence-electron chi connectivity index (χ3n) is 3.96. The first kappa shape index (κ1) is 13.6. The molecule has 4 heteroatoms. The summed E-state index contributed by atoms with van der Waals surface area (Å²) in [5.74, 6) is -0.665. The van der Waals surface area contributed by atoms with Crippen LogP contribution in [0.25, 0.3) is 0 Å². The molecule has 0 aliphatic carbocycles. The average Bonchev–Trinajstić information content (AvgIpc) is 2.75. The summed E-state index contributed by atoms with van der Waals surface area (Å²) >= 11 is 1.81. The van der Waals surface area contributed by atoms with E-state index in [9.17, 15) is 9.90 Å². The molecule has 2 rings (SSSR count). The van der Waals surface area contributed by atoms with Gasteiger partial charge < -0.3 is 5.11 Å². The Morgan fingerprint density at radius 2 is 2.28 bits per heavy atom. The Bertz CT molecular complexity index is 443. The van der Waals surface area contributed by atoms with Gasteiger partial charge in [-0.25, -0.2) is 0 Å². The fourth-order valence-corrected chi connectivity index (χ4v) is 3.61. The van der Waals surface area contributed by atoms with Gasteiger partial charge in [-0.2, -0.15) is 0 Å². The second-order valence-electron chi connectivity index (χ2n) is 5.56. The maximum absolute atomic E-state index is 11.4. The summed E-state index contributed by atoms with van der Waals surface area (Å²) in [7, 11) is 0. The van der Waals surface area contributed by atoms with Gasteiger partial charge in [-0.05, 0) is 52.3 Å². The Labute approximate surface area is 112 Å². The van der Waals surface area contributed by atoms with Gasteiger partial charge in [0.25, 0.3) is 0 Å². The van der Waals surface area contributed by atoms with Gasteiger partial charge in [0.1, 0.15) is 0 Å². The molecule has 1 N–H and O–H groups in total. The third-order valence-corrected chi connectivity index (χ3v) is 5.13. The van der Waals surface area contributed by atoms with Crippen LogP contribution in [0.3, 0.4) is 0 Å². The lowest BCUT2D eigenvalue weighted by atomic mass is 9.81. The molecule has 1 saturated heterocycles. The average molecular weight is 267 g/mol. The molecule has 0 radical (unpaired) electrons. The van der Waals surface area contributed by atoms with Crippen molar-refractivity contribution < 1.29 is 9.90 Å². The van der Waals surface area contributed by atoms with Gasteiger partial charge in [-0.3, -0.25) is 9.69 Å². The smallest absolute Gasteiger partial charge is 0.310 e. The number of thiophene rings is 1. The fraction of sp³-hybridized carbons (Fsp3) is 0.643. The van der Waals surface area contributed by atoms with E-state index in [4.69, 9.17) is 0 Å². The maximum atomic E-state index is 11.4. The van der Waals surface area contributed by atoms with Crippen molar-refractivity contribution in [3.05, 3.63) is 21.9 Å². The maximum Gasteiger partial charge on any atom is 0.310 e. The summed E-state index contributed by atoms with van der Waals surface area (Å²) in [4.78, 5) is 16.3. The molecular weight excluding hydrogens is 246 g/mol. The van der Waals surface area contributed by atoms with E-state index in [-0.39, 0.29) is 0 Å². The summed E-state index contributed by atoms with van der Waals surface area (Å²) in [5, 5.41) is 9.35. The molecule has 2 unspecified atom stereocenters. The molecule has 0 aromatic carbocycles. The van der Waals surface area contributed by atoms with E-state index in [0.29, 0.717) is 12.6 Å². The quantitative estimate of drug-likeness (QED) is 0.913. The molecule has 1 fully saturated rings. The molecule has 100 valence electrons. The zero-order chi connectivity index (χ0) is 13.3. The molecule has 0 spiro atoms. The molecule has 18 heavy (non-hydrogen) atoms. The third kappa shape index (κ3) is 2.59. The number of piperidine rings is 1. The van der Waals surface area contributed by atoms with Gasteiger partial charge >= 0.3 is 5.97 Å². The number of hydrogen-bond acceptors (Lipinski definition) is 3. The molecule has 2 heterocycles. The van der Waals surface area contributed by atoms with Crippen molar-refractivity contribution in [3.8, 4) is 0 Å². The van der Waals surface area contributed by atoms with Gasteiger partial charge in [0.05, 0.1) is 5.41 Å². The van der Waals surface area contributed by atoms with Gasteiger partial charge in [-0.15, -0.1) is 11.3 Å². The van der Waals surface area contributed by atoms with Crippen LogP contribution in [0, 0.1) is 12.3 Å². The minimum atomic E-state index is -0.665. The summed E-state index contributed by atoms with van der Waals surface area (Å²) in [6.07, 6.45) is 1.76. The van der Waals surface area contributed by atoms with Crippen LogP contribution in [0.1, 0.15) is 42.5 Å². The number of aliphatic carboxylic acids is 1. The number of likely N-dealkylation sites (tertiary alicyclic amines) is 1. The van der Waals surface area contributed by atoms with Crippen LogP contribution in [0.5, 0.6) is 0 Å². The van der Waals surface area contributed by atoms with Crippen molar-refractivity contribution in [2.45, 2.75) is 39.7 Å². The van der Waals surface area contributed by atoms with E-state index >= 15 is 0 Å². The standard InChI is InChI=1S/C14H21NO2S/c1-10-5-6-12(18-10)11(2)15-8-4-7-14(3,9-15)13(16)17/h5-6,11H,4,7-9H2,1-3H3,(H,16,17). The minimum Gasteiger partial charge on any atom is -0.481 e. The molecule has 3 nitrogen and oxygen atoms in total. The highest BCUT2D eigenvalue weighted by molar-refractivity contribution is 7.12. The van der Waals surface area contributed by atoms with Crippen LogP contribution < -0.4 is 0 Å². The highest BCUT2D eigenvalue weighted by Crippen LogP contribution is 2.35. The molecule has 0 amide bonds. The lowest BCUT2D eigenvalue weighted by Gasteiger charge is -2.40. The van der Waals surface area contributed by atoms with E-state index in [1.165, 1.54) is 9.75 Å². The first-order valence-electron chi connectivity index (χ1n) is 6.46. The van der Waals surface area contributed by atoms with Crippen molar-refractivity contribution in [1.29, 1.82) is 0 Å². The van der Waals surface area contributed by atoms with E-state index in [0.717, 1.165) is 19.4 Å². The van der Waals surface area contributed by atoms with E-state index in [1.54, 1.807) is 0 Å². The normalized spacial score (nSPS) is 27.1. The van der Waals surface area contributed by atoms with Crippen molar-refractivity contribution >= 4 is 17.3 Å². The number of aryl methyl sites for hydroxylation is 1. The topological polar surface area (TPSA) is 40.5 Å². The molecule has 1 aliphatic rings. The van der Waals surface area contributed by atoms with E-state index < -0.39 is 11.4 Å². The number of carboxylic acid groups (broad SMARTS) is 1. The predicted molar refractivity (Wildman–Crippen MR) is 74.0 cm³/mol. The zero-order valence-electron chi connectivity index (χ0n) is 11.3. The Balaban J connectivity index is 2.11. The zero-order valence-corrected chi connectivity index (χ0v) is 12.1. The Hall–Kier alpha value is -0.870. The largest absolute Gasteiger partial charge is 0.481 e. The second-order valence-corrected chi connectivity index (χ2v) is 6.88. The molecule has 0 bridgehead atoms. The fourth-order valence-electron chi connectivity index (χ4n) is 2.64. The molecule has 0 saturated carbocycles. The lowest BCUT2D eigenvalue weighted by molar-refractivity contribution is -0.151. The molecule has 1 aromatic heterocycles. The van der Waals surface area contributed by atoms with Crippen LogP contribution in [0.2, 0.25) is 0 Å². The van der Waals surface area contributed by atoms with Gasteiger partial charge in [0.2, 0.25) is 0 Å². The van der Waals surface area contributed by atoms with Gasteiger partial charge in [0, 0.05) is 22.3 Å². The number of hydrogen-bond donors (Lipinski definition) is 1. The first-order valence-corrected chi connectivity index (χ1v) is 7.28. The summed E-state index contributed by atoms with van der Waals surface area (Å²) in [5.41, 5.74) is -0.585. The first-order chi connectivity index (χ1) is 8.42. The highest BCUT2D eigenvalue weighted by atomic mass is 32.1. The van der Waals surface area contributed by atoms with E-state index in [1.807, 2.05) is 18.3 Å². The molecule has 2 atom stereocenters. The van der Waals surface area contributed by atoms with Crippen LogP contribution in [-0.2, 0) is 4.79 Å². The SMILES string of the molecule is Cc1ccc(C(C)N2CCCC(C)(C(=O)O)C2)s1. The monoisotopic (exact) mass is 267 g/mol. The summed E-state index contributed by atoms with van der Waals surface area (Å²) in [6, 6.07) is 4.62. The van der Waals surface area contributed by atoms with Crippen LogP contribution >= 0.6 is 11.3 Å². The second kappa shape index (κ2) is 5.02. The van der Waals surface area contributed by atoms with Crippen LogP contribution in [0.15, 0.2) is 12.1 Å². The number of carboxylic acids is 1. The highest BCUT2D eigenvalue weighted by Gasteiger charge is 2.39. The van der Waals surface area contributed by atoms with Crippen molar-refractivity contribution in [2.75, 3.05) is 13.1 Å². The van der Waals surface area contributed by atoms with E-state index in [2.05, 4.69) is 30.9 Å². The predicted octanol–water partition coefficient (Wildman–Crippen LogP) is 3.30. The lowest BCUT2D eigenvalue weighted by Crippen LogP contribution is -2.46. The van der Waals surface area contributed by atoms with Crippen molar-refractivity contribution in [1.82, 2.24) is 4.90 Å². The Morgan fingerprint density at radius 3 is 2.83 bits per heavy atom. The molecular formula is C14H21NO2S.